The molecule has 2 nitrogen and oxygen atoms in total. The Balaban J connectivity index is 2.05. The maximum atomic E-state index is 6.07. The van der Waals surface area contributed by atoms with Crippen molar-refractivity contribution in [3.8, 4) is 5.75 Å². The van der Waals surface area contributed by atoms with Gasteiger partial charge in [0.15, 0.2) is 0 Å². The molecule has 0 aliphatic rings. The first-order valence-electron chi connectivity index (χ1n) is 6.50. The fourth-order valence-corrected chi connectivity index (χ4v) is 3.00. The van der Waals surface area contributed by atoms with Crippen LogP contribution < -0.4 is 10.1 Å². The number of hydrogen-bond donors (Lipinski definition) is 1. The third kappa shape index (κ3) is 4.23. The summed E-state index contributed by atoms with van der Waals surface area (Å²) in [6.45, 7) is 1.36. The van der Waals surface area contributed by atoms with Crippen molar-refractivity contribution in [2.75, 3.05) is 13.7 Å². The summed E-state index contributed by atoms with van der Waals surface area (Å²) in [6.07, 6.45) is 0.884. The second-order valence-electron chi connectivity index (χ2n) is 4.49. The molecule has 0 saturated carbocycles. The monoisotopic (exact) mass is 353 g/mol. The molecule has 0 saturated heterocycles. The zero-order valence-corrected chi connectivity index (χ0v) is 13.7. The highest BCUT2D eigenvalue weighted by Gasteiger charge is 2.10. The maximum Gasteiger partial charge on any atom is 0.138 e. The summed E-state index contributed by atoms with van der Waals surface area (Å²) < 4.78 is 6.83. The Kier molecular flexibility index (Phi) is 5.89. The van der Waals surface area contributed by atoms with Crippen LogP contribution in [0.2, 0.25) is 5.02 Å². The number of rotatable bonds is 6. The molecule has 20 heavy (non-hydrogen) atoms. The molecular formula is C16H17BrClNO. The zero-order chi connectivity index (χ0) is 14.4. The van der Waals surface area contributed by atoms with E-state index in [1.807, 2.05) is 37.4 Å². The minimum Gasteiger partial charge on any atom is -0.492 e. The highest BCUT2D eigenvalue weighted by molar-refractivity contribution is 9.10. The van der Waals surface area contributed by atoms with Gasteiger partial charge in [-0.15, -0.1) is 0 Å². The Labute approximate surface area is 133 Å². The van der Waals surface area contributed by atoms with Gasteiger partial charge in [0.1, 0.15) is 5.75 Å². The molecule has 0 aliphatic carbocycles. The van der Waals surface area contributed by atoms with Crippen molar-refractivity contribution >= 4 is 27.5 Å². The minimum absolute atomic E-state index is 0.640. The molecule has 0 spiro atoms. The molecule has 106 valence electrons. The molecule has 0 atom stereocenters. The molecule has 4 heteroatoms. The van der Waals surface area contributed by atoms with Crippen LogP contribution in [0.4, 0.5) is 0 Å². The van der Waals surface area contributed by atoms with E-state index in [9.17, 15) is 0 Å². The van der Waals surface area contributed by atoms with E-state index >= 15 is 0 Å². The van der Waals surface area contributed by atoms with Crippen molar-refractivity contribution in [2.45, 2.75) is 13.0 Å². The van der Waals surface area contributed by atoms with Crippen molar-refractivity contribution < 1.29 is 4.74 Å². The van der Waals surface area contributed by atoms with Crippen molar-refractivity contribution in [3.63, 3.8) is 0 Å². The second-order valence-corrected chi connectivity index (χ2v) is 5.78. The van der Waals surface area contributed by atoms with Crippen LogP contribution in [-0.2, 0) is 13.0 Å². The third-order valence-corrected chi connectivity index (χ3v) is 3.74. The molecule has 0 unspecified atom stereocenters. The van der Waals surface area contributed by atoms with E-state index in [-0.39, 0.29) is 0 Å². The molecule has 0 fully saturated rings. The lowest BCUT2D eigenvalue weighted by atomic mass is 10.1. The Hall–Kier alpha value is -1.03. The smallest absolute Gasteiger partial charge is 0.138 e. The highest BCUT2D eigenvalue weighted by atomic mass is 79.9. The fraction of sp³-hybridized carbons (Fsp3) is 0.250. The highest BCUT2D eigenvalue weighted by Crippen LogP contribution is 2.32. The van der Waals surface area contributed by atoms with Crippen LogP contribution in [0.25, 0.3) is 0 Å². The summed E-state index contributed by atoms with van der Waals surface area (Å²) in [7, 11) is 1.91. The molecular weight excluding hydrogens is 338 g/mol. The molecule has 0 bridgehead atoms. The van der Waals surface area contributed by atoms with Crippen LogP contribution in [0.3, 0.4) is 0 Å². The normalized spacial score (nSPS) is 10.6. The van der Waals surface area contributed by atoms with Crippen molar-refractivity contribution in [2.24, 2.45) is 0 Å². The summed E-state index contributed by atoms with van der Waals surface area (Å²) >= 11 is 9.59. The van der Waals surface area contributed by atoms with Crippen LogP contribution in [-0.4, -0.2) is 13.7 Å². The lowest BCUT2D eigenvalue weighted by Gasteiger charge is -2.14. The first kappa shape index (κ1) is 15.4. The molecule has 0 heterocycles. The lowest BCUT2D eigenvalue weighted by molar-refractivity contribution is 0.316. The zero-order valence-electron chi connectivity index (χ0n) is 11.3. The SMILES string of the molecule is CNCc1cc(Cl)cc(Br)c1OCCc1ccccc1. The molecule has 2 aromatic carbocycles. The molecule has 2 rings (SSSR count). The van der Waals surface area contributed by atoms with E-state index in [0.717, 1.165) is 28.8 Å². The Bertz CT molecular complexity index is 560. The first-order chi connectivity index (χ1) is 9.70. The number of halogens is 2. The van der Waals surface area contributed by atoms with Gasteiger partial charge in [-0.05, 0) is 40.7 Å². The predicted molar refractivity (Wildman–Crippen MR) is 87.6 cm³/mol. The summed E-state index contributed by atoms with van der Waals surface area (Å²) in [6, 6.07) is 14.1. The Morgan fingerprint density at radius 3 is 2.65 bits per heavy atom. The van der Waals surface area contributed by atoms with Crippen LogP contribution in [0.5, 0.6) is 5.75 Å². The average molecular weight is 355 g/mol. The summed E-state index contributed by atoms with van der Waals surface area (Å²) in [5.74, 6) is 0.861. The van der Waals surface area contributed by atoms with Gasteiger partial charge in [0.05, 0.1) is 11.1 Å². The topological polar surface area (TPSA) is 21.3 Å². The quantitative estimate of drug-likeness (QED) is 0.828. The van der Waals surface area contributed by atoms with Crippen molar-refractivity contribution in [3.05, 3.63) is 63.1 Å². The molecule has 0 amide bonds. The fourth-order valence-electron chi connectivity index (χ4n) is 2.01. The van der Waals surface area contributed by atoms with Gasteiger partial charge in [-0.2, -0.15) is 0 Å². The van der Waals surface area contributed by atoms with Crippen LogP contribution in [0.1, 0.15) is 11.1 Å². The van der Waals surface area contributed by atoms with E-state index < -0.39 is 0 Å². The van der Waals surface area contributed by atoms with Gasteiger partial charge in [-0.3, -0.25) is 0 Å². The largest absolute Gasteiger partial charge is 0.492 e. The standard InChI is InChI=1S/C16H17BrClNO/c1-19-11-13-9-14(18)10-15(17)16(13)20-8-7-12-5-3-2-4-6-12/h2-6,9-10,19H,7-8,11H2,1H3. The van der Waals surface area contributed by atoms with Crippen molar-refractivity contribution in [1.82, 2.24) is 5.32 Å². The van der Waals surface area contributed by atoms with Gasteiger partial charge in [0.25, 0.3) is 0 Å². The first-order valence-corrected chi connectivity index (χ1v) is 7.67. The third-order valence-electron chi connectivity index (χ3n) is 2.93. The molecule has 1 N–H and O–H groups in total. The maximum absolute atomic E-state index is 6.07. The lowest BCUT2D eigenvalue weighted by Crippen LogP contribution is -2.09. The number of nitrogens with one attached hydrogen (secondary N) is 1. The van der Waals surface area contributed by atoms with Crippen LogP contribution in [0.15, 0.2) is 46.9 Å². The number of ether oxygens (including phenoxy) is 1. The van der Waals surface area contributed by atoms with E-state index in [4.69, 9.17) is 16.3 Å². The summed E-state index contributed by atoms with van der Waals surface area (Å²) in [5, 5.41) is 3.83. The van der Waals surface area contributed by atoms with E-state index in [2.05, 4.69) is 33.4 Å². The summed E-state index contributed by atoms with van der Waals surface area (Å²) in [5.41, 5.74) is 2.33. The van der Waals surface area contributed by atoms with Gasteiger partial charge in [0.2, 0.25) is 0 Å². The second kappa shape index (κ2) is 7.67. The van der Waals surface area contributed by atoms with Crippen LogP contribution >= 0.6 is 27.5 Å². The minimum atomic E-state index is 0.640. The van der Waals surface area contributed by atoms with Crippen LogP contribution in [0, 0.1) is 0 Å². The van der Waals surface area contributed by atoms with Gasteiger partial charge >= 0.3 is 0 Å². The molecule has 0 radical (unpaired) electrons. The van der Waals surface area contributed by atoms with Crippen molar-refractivity contribution in [1.29, 1.82) is 0 Å². The van der Waals surface area contributed by atoms with Gasteiger partial charge in [0, 0.05) is 23.6 Å². The van der Waals surface area contributed by atoms with Gasteiger partial charge in [-0.1, -0.05) is 41.9 Å². The van der Waals surface area contributed by atoms with Gasteiger partial charge < -0.3 is 10.1 Å². The molecule has 2 aromatic rings. The van der Waals surface area contributed by atoms with Gasteiger partial charge in [-0.25, -0.2) is 0 Å². The Morgan fingerprint density at radius 2 is 1.95 bits per heavy atom. The van der Waals surface area contributed by atoms with E-state index in [1.54, 1.807) is 0 Å². The Morgan fingerprint density at radius 1 is 1.20 bits per heavy atom. The molecule has 0 aromatic heterocycles. The van der Waals surface area contributed by atoms with E-state index in [0.29, 0.717) is 11.6 Å². The summed E-state index contributed by atoms with van der Waals surface area (Å²) in [4.78, 5) is 0. The predicted octanol–water partition coefficient (Wildman–Crippen LogP) is 4.44. The number of hydrogen-bond acceptors (Lipinski definition) is 2. The number of benzene rings is 2. The van der Waals surface area contributed by atoms with E-state index in [1.165, 1.54) is 5.56 Å². The average Bonchev–Trinajstić information content (AvgIpc) is 2.43. The molecule has 0 aliphatic heterocycles.